The summed E-state index contributed by atoms with van der Waals surface area (Å²) in [6, 6.07) is 8.19. The summed E-state index contributed by atoms with van der Waals surface area (Å²) in [5.41, 5.74) is 0. The van der Waals surface area contributed by atoms with Gasteiger partial charge in [0.25, 0.3) is 0 Å². The van der Waals surface area contributed by atoms with Gasteiger partial charge in [0.1, 0.15) is 0 Å². The van der Waals surface area contributed by atoms with Crippen LogP contribution in [0.3, 0.4) is 0 Å². The predicted octanol–water partition coefficient (Wildman–Crippen LogP) is 1.87. The number of β-amino-alcohol motifs (C(OH)–C–C–N with tert-alkyl or cyclic N) is 1. The van der Waals surface area contributed by atoms with E-state index in [1.165, 1.54) is 4.90 Å². The molecule has 0 spiro atoms. The molecule has 2 N–H and O–H groups in total. The van der Waals surface area contributed by atoms with E-state index < -0.39 is 0 Å². The highest BCUT2D eigenvalue weighted by Crippen LogP contribution is 2.28. The van der Waals surface area contributed by atoms with Crippen LogP contribution in [0.1, 0.15) is 0 Å². The quantitative estimate of drug-likeness (QED) is 0.863. The van der Waals surface area contributed by atoms with Gasteiger partial charge >= 0.3 is 0 Å². The van der Waals surface area contributed by atoms with Crippen LogP contribution < -0.4 is 5.32 Å². The average molecular weight is 274 g/mol. The van der Waals surface area contributed by atoms with Crippen LogP contribution in [0.4, 0.5) is 0 Å². The van der Waals surface area contributed by atoms with E-state index in [9.17, 15) is 5.11 Å². The van der Waals surface area contributed by atoms with E-state index in [2.05, 4.69) is 33.4 Å². The molecule has 2 atom stereocenters. The van der Waals surface area contributed by atoms with Crippen molar-refractivity contribution in [3.05, 3.63) is 28.7 Å². The molecule has 0 saturated carbocycles. The van der Waals surface area contributed by atoms with Gasteiger partial charge in [-0.1, -0.05) is 15.9 Å². The molecule has 0 unspecified atom stereocenters. The smallest absolute Gasteiger partial charge is 0.0798 e. The molecule has 0 aromatic heterocycles. The molecule has 1 fully saturated rings. The van der Waals surface area contributed by atoms with Crippen LogP contribution in [0.15, 0.2) is 33.6 Å². The first-order valence-electron chi connectivity index (χ1n) is 4.57. The number of aliphatic hydroxyl groups excluding tert-OH is 1. The molecule has 4 heteroatoms. The van der Waals surface area contributed by atoms with Gasteiger partial charge < -0.3 is 10.4 Å². The Balaban J connectivity index is 2.00. The zero-order chi connectivity index (χ0) is 9.97. The Morgan fingerprint density at radius 1 is 1.29 bits per heavy atom. The number of benzene rings is 1. The van der Waals surface area contributed by atoms with Crippen molar-refractivity contribution < 1.29 is 5.11 Å². The lowest BCUT2D eigenvalue weighted by atomic mass is 10.3. The highest BCUT2D eigenvalue weighted by atomic mass is 79.9. The maximum absolute atomic E-state index is 9.61. The van der Waals surface area contributed by atoms with E-state index in [0.29, 0.717) is 6.54 Å². The van der Waals surface area contributed by atoms with E-state index >= 15 is 0 Å². The minimum absolute atomic E-state index is 0.219. The molecule has 1 aromatic carbocycles. The lowest BCUT2D eigenvalue weighted by Crippen LogP contribution is -2.19. The summed E-state index contributed by atoms with van der Waals surface area (Å²) >= 11 is 5.13. The summed E-state index contributed by atoms with van der Waals surface area (Å²) in [6.07, 6.45) is -0.219. The van der Waals surface area contributed by atoms with Crippen LogP contribution in [-0.4, -0.2) is 29.5 Å². The Hall–Kier alpha value is -0.0300. The van der Waals surface area contributed by atoms with Crippen molar-refractivity contribution in [1.29, 1.82) is 0 Å². The minimum Gasteiger partial charge on any atom is -0.391 e. The van der Waals surface area contributed by atoms with Crippen molar-refractivity contribution in [2.45, 2.75) is 16.2 Å². The molecular weight excluding hydrogens is 262 g/mol. The molecule has 0 amide bonds. The minimum atomic E-state index is -0.219. The zero-order valence-electron chi connectivity index (χ0n) is 7.61. The van der Waals surface area contributed by atoms with Gasteiger partial charge in [-0.05, 0) is 24.3 Å². The van der Waals surface area contributed by atoms with E-state index in [4.69, 9.17) is 0 Å². The molecule has 0 aliphatic carbocycles. The number of aliphatic hydroxyl groups is 1. The molecule has 2 nitrogen and oxygen atoms in total. The summed E-state index contributed by atoms with van der Waals surface area (Å²) in [7, 11) is 0. The third-order valence-electron chi connectivity index (χ3n) is 2.23. The molecule has 0 radical (unpaired) electrons. The Labute approximate surface area is 96.2 Å². The number of hydrogen-bond acceptors (Lipinski definition) is 3. The summed E-state index contributed by atoms with van der Waals surface area (Å²) in [4.78, 5) is 1.21. The number of rotatable bonds is 2. The topological polar surface area (TPSA) is 32.3 Å². The van der Waals surface area contributed by atoms with Crippen molar-refractivity contribution >= 4 is 27.7 Å². The molecule has 0 bridgehead atoms. The van der Waals surface area contributed by atoms with E-state index in [1.54, 1.807) is 11.8 Å². The highest BCUT2D eigenvalue weighted by Gasteiger charge is 2.25. The second-order valence-electron chi connectivity index (χ2n) is 3.34. The fourth-order valence-corrected chi connectivity index (χ4v) is 2.81. The molecule has 1 aliphatic rings. The first kappa shape index (κ1) is 10.5. The second kappa shape index (κ2) is 4.66. The van der Waals surface area contributed by atoms with Crippen LogP contribution >= 0.6 is 27.7 Å². The van der Waals surface area contributed by atoms with Crippen LogP contribution in [0, 0.1) is 0 Å². The summed E-state index contributed by atoms with van der Waals surface area (Å²) in [5, 5.41) is 13.1. The van der Waals surface area contributed by atoms with Crippen molar-refractivity contribution in [3.8, 4) is 0 Å². The van der Waals surface area contributed by atoms with Gasteiger partial charge in [0.15, 0.2) is 0 Å². The molecule has 1 aromatic rings. The third kappa shape index (κ3) is 2.51. The number of halogens is 1. The monoisotopic (exact) mass is 273 g/mol. The lowest BCUT2D eigenvalue weighted by molar-refractivity contribution is 0.201. The zero-order valence-corrected chi connectivity index (χ0v) is 10.0. The molecule has 1 heterocycles. The van der Waals surface area contributed by atoms with Gasteiger partial charge in [0, 0.05) is 27.7 Å². The van der Waals surface area contributed by atoms with Gasteiger partial charge in [-0.25, -0.2) is 0 Å². The standard InChI is InChI=1S/C10H12BrNOS/c11-7-1-3-8(4-2-7)14-10-6-12-5-9(10)13/h1-4,9-10,12-13H,5-6H2/t9-,10-/m1/s1. The predicted molar refractivity (Wildman–Crippen MR) is 62.7 cm³/mol. The van der Waals surface area contributed by atoms with Gasteiger partial charge in [-0.3, -0.25) is 0 Å². The molecule has 2 rings (SSSR count). The third-order valence-corrected chi connectivity index (χ3v) is 4.09. The Morgan fingerprint density at radius 3 is 2.57 bits per heavy atom. The molecule has 14 heavy (non-hydrogen) atoms. The van der Waals surface area contributed by atoms with E-state index in [-0.39, 0.29) is 11.4 Å². The fourth-order valence-electron chi connectivity index (χ4n) is 1.45. The Bertz CT molecular complexity index is 303. The summed E-state index contributed by atoms with van der Waals surface area (Å²) < 4.78 is 1.09. The first-order chi connectivity index (χ1) is 6.75. The SMILES string of the molecule is O[C@@H]1CNC[C@H]1Sc1ccc(Br)cc1. The van der Waals surface area contributed by atoms with Crippen LogP contribution in [-0.2, 0) is 0 Å². The summed E-state index contributed by atoms with van der Waals surface area (Å²) in [6.45, 7) is 1.61. The van der Waals surface area contributed by atoms with E-state index in [0.717, 1.165) is 11.0 Å². The number of thioether (sulfide) groups is 1. The van der Waals surface area contributed by atoms with Crippen molar-refractivity contribution in [3.63, 3.8) is 0 Å². The number of hydrogen-bond donors (Lipinski definition) is 2. The van der Waals surface area contributed by atoms with Gasteiger partial charge in [0.05, 0.1) is 6.10 Å². The highest BCUT2D eigenvalue weighted by molar-refractivity contribution is 9.10. The Morgan fingerprint density at radius 2 is 2.00 bits per heavy atom. The maximum Gasteiger partial charge on any atom is 0.0798 e. The summed E-state index contributed by atoms with van der Waals surface area (Å²) in [5.74, 6) is 0. The van der Waals surface area contributed by atoms with Crippen molar-refractivity contribution in [2.75, 3.05) is 13.1 Å². The van der Waals surface area contributed by atoms with Crippen molar-refractivity contribution in [1.82, 2.24) is 5.32 Å². The van der Waals surface area contributed by atoms with E-state index in [1.807, 2.05) is 12.1 Å². The molecule has 1 aliphatic heterocycles. The molecule has 1 saturated heterocycles. The maximum atomic E-state index is 9.61. The second-order valence-corrected chi connectivity index (χ2v) is 5.56. The van der Waals surface area contributed by atoms with Crippen molar-refractivity contribution in [2.24, 2.45) is 0 Å². The largest absolute Gasteiger partial charge is 0.391 e. The average Bonchev–Trinajstić information content (AvgIpc) is 2.56. The van der Waals surface area contributed by atoms with Gasteiger partial charge in [0.2, 0.25) is 0 Å². The van der Waals surface area contributed by atoms with Crippen LogP contribution in [0.2, 0.25) is 0 Å². The molecule has 76 valence electrons. The Kier molecular flexibility index (Phi) is 3.49. The van der Waals surface area contributed by atoms with Crippen LogP contribution in [0.25, 0.3) is 0 Å². The van der Waals surface area contributed by atoms with Gasteiger partial charge in [-0.15, -0.1) is 11.8 Å². The first-order valence-corrected chi connectivity index (χ1v) is 6.24. The normalized spacial score (nSPS) is 26.7. The lowest BCUT2D eigenvalue weighted by Gasteiger charge is -2.12. The van der Waals surface area contributed by atoms with Crippen LogP contribution in [0.5, 0.6) is 0 Å². The fraction of sp³-hybridized carbons (Fsp3) is 0.400. The van der Waals surface area contributed by atoms with Gasteiger partial charge in [-0.2, -0.15) is 0 Å². The molecular formula is C10H12BrNOS. The number of nitrogens with one attached hydrogen (secondary N) is 1.